The minimum Gasteiger partial charge on any atom is -0.302 e. The molecule has 5 heteroatoms. The van der Waals surface area contributed by atoms with Gasteiger partial charge in [-0.25, -0.2) is 4.79 Å². The Kier molecular flexibility index (Phi) is 0.957. The molecule has 0 atom stereocenters. The Bertz CT molecular complexity index is 235. The number of hydrogen-bond acceptors (Lipinski definition) is 3. The Morgan fingerprint density at radius 1 is 2.00 bits per heavy atom. The first-order chi connectivity index (χ1) is 3.83. The Morgan fingerprint density at radius 2 is 2.75 bits per heavy atom. The molecule has 42 valence electrons. The van der Waals surface area contributed by atoms with Crippen molar-refractivity contribution >= 4 is 6.34 Å². The summed E-state index contributed by atoms with van der Waals surface area (Å²) in [6, 6.07) is 0. The summed E-state index contributed by atoms with van der Waals surface area (Å²) in [5.74, 6) is 0. The third-order valence-electron chi connectivity index (χ3n) is 0.635. The number of hydrogen-bond donors (Lipinski definition) is 2. The van der Waals surface area contributed by atoms with Gasteiger partial charge in [0.2, 0.25) is 6.20 Å². The molecule has 0 saturated heterocycles. The SMILES string of the molecule is N=C[n+]1cc(=O)o[nH]1. The van der Waals surface area contributed by atoms with Gasteiger partial charge in [-0.2, -0.15) is 0 Å². The molecular weight excluding hydrogens is 110 g/mol. The first kappa shape index (κ1) is 4.76. The van der Waals surface area contributed by atoms with Crippen molar-refractivity contribution in [2.75, 3.05) is 0 Å². The molecule has 8 heavy (non-hydrogen) atoms. The van der Waals surface area contributed by atoms with E-state index in [-0.39, 0.29) is 0 Å². The maximum absolute atomic E-state index is 10.1. The van der Waals surface area contributed by atoms with Gasteiger partial charge in [0.05, 0.1) is 0 Å². The molecule has 1 heterocycles. The number of H-pyrrole nitrogens is 1. The summed E-state index contributed by atoms with van der Waals surface area (Å²) in [6.45, 7) is 0. The third kappa shape index (κ3) is 0.651. The number of aromatic nitrogens is 2. The zero-order valence-corrected chi connectivity index (χ0v) is 3.92. The summed E-state index contributed by atoms with van der Waals surface area (Å²) < 4.78 is 5.29. The molecule has 0 fully saturated rings. The van der Waals surface area contributed by atoms with Crippen molar-refractivity contribution in [1.82, 2.24) is 5.27 Å². The van der Waals surface area contributed by atoms with Crippen LogP contribution in [0, 0.1) is 5.41 Å². The first-order valence-electron chi connectivity index (χ1n) is 1.93. The van der Waals surface area contributed by atoms with E-state index in [4.69, 9.17) is 5.41 Å². The van der Waals surface area contributed by atoms with Gasteiger partial charge < -0.3 is 4.52 Å². The highest BCUT2D eigenvalue weighted by Gasteiger charge is 1.93. The van der Waals surface area contributed by atoms with Crippen LogP contribution in [0.15, 0.2) is 15.5 Å². The molecule has 0 aliphatic rings. The topological polar surface area (TPSA) is 73.7 Å². The van der Waals surface area contributed by atoms with Crippen molar-refractivity contribution in [1.29, 1.82) is 5.41 Å². The van der Waals surface area contributed by atoms with Crippen LogP contribution in [0.3, 0.4) is 0 Å². The third-order valence-corrected chi connectivity index (χ3v) is 0.635. The second kappa shape index (κ2) is 1.61. The molecule has 0 radical (unpaired) electrons. The summed E-state index contributed by atoms with van der Waals surface area (Å²) in [5, 5.41) is 8.71. The summed E-state index contributed by atoms with van der Waals surface area (Å²) in [6.07, 6.45) is 2.04. The van der Waals surface area contributed by atoms with Gasteiger partial charge in [-0.15, -0.1) is 5.41 Å². The summed E-state index contributed by atoms with van der Waals surface area (Å²) in [4.78, 5) is 10.1. The molecule has 0 saturated carbocycles. The van der Waals surface area contributed by atoms with Gasteiger partial charge in [0.25, 0.3) is 0 Å². The molecule has 1 rings (SSSR count). The van der Waals surface area contributed by atoms with E-state index in [1.807, 2.05) is 0 Å². The van der Waals surface area contributed by atoms with Crippen molar-refractivity contribution in [3.05, 3.63) is 16.6 Å². The van der Waals surface area contributed by atoms with Gasteiger partial charge in [-0.05, 0) is 0 Å². The minimum atomic E-state index is -0.492. The minimum absolute atomic E-state index is 0.492. The second-order valence-electron chi connectivity index (χ2n) is 1.18. The van der Waals surface area contributed by atoms with Gasteiger partial charge in [0.1, 0.15) is 0 Å². The fourth-order valence-electron chi connectivity index (χ4n) is 0.328. The number of rotatable bonds is 1. The number of aromatic amines is 1. The van der Waals surface area contributed by atoms with Crippen LogP contribution in [0.4, 0.5) is 0 Å². The van der Waals surface area contributed by atoms with Crippen molar-refractivity contribution in [3.8, 4) is 0 Å². The van der Waals surface area contributed by atoms with Crippen LogP contribution in [-0.4, -0.2) is 11.6 Å². The lowest BCUT2D eigenvalue weighted by Crippen LogP contribution is -2.34. The maximum Gasteiger partial charge on any atom is 0.400 e. The Labute approximate surface area is 44.0 Å². The van der Waals surface area contributed by atoms with E-state index in [9.17, 15) is 4.79 Å². The van der Waals surface area contributed by atoms with Crippen molar-refractivity contribution < 1.29 is 9.20 Å². The molecule has 0 spiro atoms. The molecule has 0 unspecified atom stereocenters. The highest BCUT2D eigenvalue weighted by Crippen LogP contribution is 1.49. The lowest BCUT2D eigenvalue weighted by molar-refractivity contribution is -0.626. The standard InChI is InChI=1S/C3H3N3O2/c4-2-6-1-3(7)8-5-6/h1-2,4H/p+1. The highest BCUT2D eigenvalue weighted by atomic mass is 16.5. The molecule has 2 N–H and O–H groups in total. The van der Waals surface area contributed by atoms with Crippen molar-refractivity contribution in [2.45, 2.75) is 0 Å². The van der Waals surface area contributed by atoms with Gasteiger partial charge in [-0.3, -0.25) is 0 Å². The quantitative estimate of drug-likeness (QED) is 0.271. The largest absolute Gasteiger partial charge is 0.400 e. The van der Waals surface area contributed by atoms with Crippen LogP contribution in [-0.2, 0) is 0 Å². The molecule has 0 bridgehead atoms. The summed E-state index contributed by atoms with van der Waals surface area (Å²) in [5.41, 5.74) is -0.492. The average molecular weight is 114 g/mol. The summed E-state index contributed by atoms with van der Waals surface area (Å²) in [7, 11) is 0. The van der Waals surface area contributed by atoms with Crippen LogP contribution < -0.4 is 10.3 Å². The van der Waals surface area contributed by atoms with E-state index < -0.39 is 5.63 Å². The maximum atomic E-state index is 10.1. The Morgan fingerprint density at radius 3 is 3.00 bits per heavy atom. The average Bonchev–Trinajstić information content (AvgIpc) is 2.14. The fraction of sp³-hybridized carbons (Fsp3) is 0. The van der Waals surface area contributed by atoms with E-state index in [1.165, 1.54) is 0 Å². The van der Waals surface area contributed by atoms with Crippen LogP contribution in [0.2, 0.25) is 0 Å². The molecule has 1 aromatic rings. The zero-order valence-electron chi connectivity index (χ0n) is 3.92. The molecule has 5 nitrogen and oxygen atoms in total. The van der Waals surface area contributed by atoms with E-state index in [0.29, 0.717) is 0 Å². The van der Waals surface area contributed by atoms with Crippen LogP contribution in [0.1, 0.15) is 0 Å². The van der Waals surface area contributed by atoms with E-state index in [2.05, 4.69) is 9.79 Å². The lowest BCUT2D eigenvalue weighted by Gasteiger charge is -1.66. The predicted octanol–water partition coefficient (Wildman–Crippen LogP) is -1.29. The zero-order chi connectivity index (χ0) is 5.98. The second-order valence-corrected chi connectivity index (χ2v) is 1.18. The van der Waals surface area contributed by atoms with Gasteiger partial charge >= 0.3 is 12.0 Å². The van der Waals surface area contributed by atoms with Crippen molar-refractivity contribution in [3.63, 3.8) is 0 Å². The monoisotopic (exact) mass is 114 g/mol. The Hall–Kier alpha value is -1.39. The molecule has 0 aliphatic heterocycles. The predicted molar refractivity (Wildman–Crippen MR) is 23.7 cm³/mol. The fourth-order valence-corrected chi connectivity index (χ4v) is 0.328. The van der Waals surface area contributed by atoms with E-state index in [0.717, 1.165) is 17.2 Å². The molecule has 0 amide bonds. The van der Waals surface area contributed by atoms with Crippen LogP contribution >= 0.6 is 0 Å². The first-order valence-corrected chi connectivity index (χ1v) is 1.93. The normalized spacial score (nSPS) is 9.00. The van der Waals surface area contributed by atoms with Crippen molar-refractivity contribution in [2.24, 2.45) is 0 Å². The molecule has 0 aromatic carbocycles. The van der Waals surface area contributed by atoms with Gasteiger partial charge in [0, 0.05) is 0 Å². The van der Waals surface area contributed by atoms with Crippen LogP contribution in [0.5, 0.6) is 0 Å². The smallest absolute Gasteiger partial charge is 0.302 e. The van der Waals surface area contributed by atoms with Crippen LogP contribution in [0.25, 0.3) is 0 Å². The highest BCUT2D eigenvalue weighted by molar-refractivity contribution is 5.36. The molecule has 0 aliphatic carbocycles. The van der Waals surface area contributed by atoms with E-state index >= 15 is 0 Å². The van der Waals surface area contributed by atoms with E-state index in [1.54, 1.807) is 0 Å². The number of nitrogens with zero attached hydrogens (tertiary/aromatic N) is 1. The number of nitrogens with one attached hydrogen (secondary N) is 2. The Balaban J connectivity index is 3.18. The molecule has 1 aromatic heterocycles. The lowest BCUT2D eigenvalue weighted by atomic mass is 10.9. The molecular formula is C3H4N3O2+. The van der Waals surface area contributed by atoms with Gasteiger partial charge in [0.15, 0.2) is 0 Å². The van der Waals surface area contributed by atoms with Gasteiger partial charge in [-0.1, -0.05) is 9.95 Å². The summed E-state index contributed by atoms with van der Waals surface area (Å²) >= 11 is 0.